The predicted molar refractivity (Wildman–Crippen MR) is 73.9 cm³/mol. The zero-order valence-corrected chi connectivity index (χ0v) is 11.3. The van der Waals surface area contributed by atoms with Crippen LogP contribution in [-0.2, 0) is 4.79 Å². The molecule has 1 aromatic rings. The molecular weight excluding hydrogens is 228 g/mol. The van der Waals surface area contributed by atoms with Gasteiger partial charge in [0.1, 0.15) is 5.75 Å². The van der Waals surface area contributed by atoms with Gasteiger partial charge < -0.3 is 15.3 Å². The Balaban J connectivity index is 2.39. The van der Waals surface area contributed by atoms with E-state index < -0.39 is 0 Å². The lowest BCUT2D eigenvalue weighted by Gasteiger charge is -2.17. The van der Waals surface area contributed by atoms with Crippen LogP contribution < -0.4 is 10.2 Å². The lowest BCUT2D eigenvalue weighted by atomic mass is 10.2. The second-order valence-electron chi connectivity index (χ2n) is 4.68. The fourth-order valence-electron chi connectivity index (χ4n) is 1.62. The minimum absolute atomic E-state index is 0.0891. The number of carbonyl (C=O) groups excluding carboxylic acids is 1. The third kappa shape index (κ3) is 4.75. The van der Waals surface area contributed by atoms with Crippen molar-refractivity contribution in [3.05, 3.63) is 24.3 Å². The highest BCUT2D eigenvalue weighted by Gasteiger charge is 2.10. The number of benzene rings is 1. The predicted octanol–water partition coefficient (Wildman–Crippen LogP) is 2.13. The fraction of sp³-hybridized carbons (Fsp3) is 0.500. The Morgan fingerprint density at radius 3 is 2.50 bits per heavy atom. The molecule has 4 heteroatoms. The van der Waals surface area contributed by atoms with Crippen molar-refractivity contribution in [3.63, 3.8) is 0 Å². The molecule has 4 nitrogen and oxygen atoms in total. The largest absolute Gasteiger partial charge is 0.508 e. The standard InChI is InChI=1S/C14H22N2O2/c1-11(2)15-10-4-5-14(18)16(3)12-6-8-13(17)9-7-12/h6-9,11,15,17H,4-5,10H2,1-3H3. The fourth-order valence-corrected chi connectivity index (χ4v) is 1.62. The molecule has 100 valence electrons. The van der Waals surface area contributed by atoms with Crippen molar-refractivity contribution in [2.24, 2.45) is 0 Å². The van der Waals surface area contributed by atoms with Crippen molar-refractivity contribution >= 4 is 11.6 Å². The van der Waals surface area contributed by atoms with Crippen molar-refractivity contribution in [3.8, 4) is 5.75 Å². The maximum absolute atomic E-state index is 11.9. The van der Waals surface area contributed by atoms with Gasteiger partial charge in [-0.1, -0.05) is 13.8 Å². The topological polar surface area (TPSA) is 52.6 Å². The van der Waals surface area contributed by atoms with Crippen LogP contribution in [0.4, 0.5) is 5.69 Å². The van der Waals surface area contributed by atoms with Gasteiger partial charge in [-0.3, -0.25) is 4.79 Å². The van der Waals surface area contributed by atoms with Gasteiger partial charge in [0.25, 0.3) is 0 Å². The molecule has 0 fully saturated rings. The molecule has 0 heterocycles. The molecule has 2 N–H and O–H groups in total. The summed E-state index contributed by atoms with van der Waals surface area (Å²) < 4.78 is 0. The minimum Gasteiger partial charge on any atom is -0.508 e. The van der Waals surface area contributed by atoms with E-state index in [1.165, 1.54) is 0 Å². The average molecular weight is 250 g/mol. The van der Waals surface area contributed by atoms with E-state index in [-0.39, 0.29) is 11.7 Å². The zero-order valence-electron chi connectivity index (χ0n) is 11.3. The van der Waals surface area contributed by atoms with Gasteiger partial charge >= 0.3 is 0 Å². The van der Waals surface area contributed by atoms with Crippen LogP contribution >= 0.6 is 0 Å². The number of phenols is 1. The van der Waals surface area contributed by atoms with Crippen LogP contribution in [-0.4, -0.2) is 30.6 Å². The molecule has 1 rings (SSSR count). The van der Waals surface area contributed by atoms with E-state index in [0.717, 1.165) is 18.7 Å². The third-order valence-corrected chi connectivity index (χ3v) is 2.73. The maximum atomic E-state index is 11.9. The normalized spacial score (nSPS) is 10.7. The lowest BCUT2D eigenvalue weighted by Crippen LogP contribution is -2.28. The maximum Gasteiger partial charge on any atom is 0.226 e. The minimum atomic E-state index is 0.0891. The first-order valence-corrected chi connectivity index (χ1v) is 6.29. The summed E-state index contributed by atoms with van der Waals surface area (Å²) >= 11 is 0. The molecule has 0 saturated carbocycles. The number of carbonyl (C=O) groups is 1. The Hall–Kier alpha value is -1.55. The quantitative estimate of drug-likeness (QED) is 0.760. The Morgan fingerprint density at radius 1 is 1.33 bits per heavy atom. The summed E-state index contributed by atoms with van der Waals surface area (Å²) in [4.78, 5) is 13.5. The molecule has 0 atom stereocenters. The van der Waals surface area contributed by atoms with E-state index in [1.807, 2.05) is 0 Å². The highest BCUT2D eigenvalue weighted by atomic mass is 16.3. The molecule has 0 saturated heterocycles. The average Bonchev–Trinajstić information content (AvgIpc) is 2.34. The summed E-state index contributed by atoms with van der Waals surface area (Å²) in [5.74, 6) is 0.298. The Kier molecular flexibility index (Phi) is 5.65. The van der Waals surface area contributed by atoms with E-state index >= 15 is 0 Å². The molecule has 1 amide bonds. The molecule has 0 radical (unpaired) electrons. The molecule has 0 aromatic heterocycles. The number of hydrogen-bond acceptors (Lipinski definition) is 3. The number of hydrogen-bond donors (Lipinski definition) is 2. The molecule has 0 unspecified atom stereocenters. The van der Waals surface area contributed by atoms with Crippen molar-refractivity contribution in [2.45, 2.75) is 32.7 Å². The zero-order chi connectivity index (χ0) is 13.5. The van der Waals surface area contributed by atoms with Gasteiger partial charge in [-0.15, -0.1) is 0 Å². The van der Waals surface area contributed by atoms with E-state index in [1.54, 1.807) is 36.2 Å². The Bertz CT molecular complexity index is 374. The molecule has 18 heavy (non-hydrogen) atoms. The first kappa shape index (κ1) is 14.5. The van der Waals surface area contributed by atoms with Gasteiger partial charge in [-0.05, 0) is 37.2 Å². The molecule has 0 aliphatic heterocycles. The van der Waals surface area contributed by atoms with Crippen LogP contribution in [0.25, 0.3) is 0 Å². The molecule has 0 bridgehead atoms. The second kappa shape index (κ2) is 7.01. The van der Waals surface area contributed by atoms with Crippen LogP contribution in [0.2, 0.25) is 0 Å². The van der Waals surface area contributed by atoms with Gasteiger partial charge in [0.15, 0.2) is 0 Å². The third-order valence-electron chi connectivity index (χ3n) is 2.73. The van der Waals surface area contributed by atoms with Crippen molar-refractivity contribution in [1.29, 1.82) is 0 Å². The van der Waals surface area contributed by atoms with Gasteiger partial charge in [0, 0.05) is 25.2 Å². The lowest BCUT2D eigenvalue weighted by molar-refractivity contribution is -0.118. The van der Waals surface area contributed by atoms with Gasteiger partial charge in [-0.25, -0.2) is 0 Å². The Morgan fingerprint density at radius 2 is 1.94 bits per heavy atom. The van der Waals surface area contributed by atoms with E-state index in [0.29, 0.717) is 12.5 Å². The van der Waals surface area contributed by atoms with Crippen LogP contribution in [0.1, 0.15) is 26.7 Å². The van der Waals surface area contributed by atoms with Crippen LogP contribution in [0, 0.1) is 0 Å². The summed E-state index contributed by atoms with van der Waals surface area (Å²) in [7, 11) is 1.75. The molecule has 1 aromatic carbocycles. The first-order chi connectivity index (χ1) is 8.50. The number of phenolic OH excluding ortho intramolecular Hbond substituents is 1. The van der Waals surface area contributed by atoms with Crippen LogP contribution in [0.3, 0.4) is 0 Å². The summed E-state index contributed by atoms with van der Waals surface area (Å²) in [5.41, 5.74) is 0.801. The SMILES string of the molecule is CC(C)NCCCC(=O)N(C)c1ccc(O)cc1. The summed E-state index contributed by atoms with van der Waals surface area (Å²) in [6.07, 6.45) is 1.36. The summed E-state index contributed by atoms with van der Waals surface area (Å²) in [6.45, 7) is 5.03. The molecule has 0 aliphatic rings. The van der Waals surface area contributed by atoms with Crippen molar-refractivity contribution in [2.75, 3.05) is 18.5 Å². The summed E-state index contributed by atoms with van der Waals surface area (Å²) in [5, 5.41) is 12.5. The number of rotatable bonds is 6. The van der Waals surface area contributed by atoms with Crippen LogP contribution in [0.5, 0.6) is 5.75 Å². The highest BCUT2D eigenvalue weighted by molar-refractivity contribution is 5.92. The summed E-state index contributed by atoms with van der Waals surface area (Å²) in [6, 6.07) is 7.09. The van der Waals surface area contributed by atoms with E-state index in [2.05, 4.69) is 19.2 Å². The molecular formula is C14H22N2O2. The highest BCUT2D eigenvalue weighted by Crippen LogP contribution is 2.17. The number of nitrogens with one attached hydrogen (secondary N) is 1. The van der Waals surface area contributed by atoms with Gasteiger partial charge in [0.05, 0.1) is 0 Å². The second-order valence-corrected chi connectivity index (χ2v) is 4.68. The molecule has 0 spiro atoms. The van der Waals surface area contributed by atoms with Gasteiger partial charge in [0.2, 0.25) is 5.91 Å². The number of amides is 1. The van der Waals surface area contributed by atoms with Crippen molar-refractivity contribution in [1.82, 2.24) is 5.32 Å². The monoisotopic (exact) mass is 250 g/mol. The number of aromatic hydroxyl groups is 1. The van der Waals surface area contributed by atoms with Gasteiger partial charge in [-0.2, -0.15) is 0 Å². The van der Waals surface area contributed by atoms with Crippen LogP contribution in [0.15, 0.2) is 24.3 Å². The Labute approximate surface area is 109 Å². The smallest absolute Gasteiger partial charge is 0.226 e. The van der Waals surface area contributed by atoms with E-state index in [4.69, 9.17) is 0 Å². The molecule has 0 aliphatic carbocycles. The number of anilines is 1. The first-order valence-electron chi connectivity index (χ1n) is 6.29. The number of nitrogens with zero attached hydrogens (tertiary/aromatic N) is 1. The van der Waals surface area contributed by atoms with E-state index in [9.17, 15) is 9.90 Å². The van der Waals surface area contributed by atoms with Crippen molar-refractivity contribution < 1.29 is 9.90 Å².